The molecule has 0 aliphatic heterocycles. The number of sulfone groups is 1. The molecule has 146 valence electrons. The summed E-state index contributed by atoms with van der Waals surface area (Å²) in [7, 11) is -3.60. The summed E-state index contributed by atoms with van der Waals surface area (Å²) in [5, 5.41) is 6.41. The molecule has 0 saturated heterocycles. The normalized spacial score (nSPS) is 12.5. The molecule has 0 aliphatic rings. The number of hydrogen-bond donors (Lipinski definition) is 1. The zero-order chi connectivity index (χ0) is 20.0. The zero-order valence-corrected chi connectivity index (χ0v) is 16.2. The van der Waals surface area contributed by atoms with Gasteiger partial charge in [-0.15, -0.1) is 0 Å². The molecule has 0 bridgehead atoms. The molecular formula is C20H21N3O4S. The van der Waals surface area contributed by atoms with Crippen molar-refractivity contribution in [3.8, 4) is 0 Å². The molecule has 28 heavy (non-hydrogen) atoms. The summed E-state index contributed by atoms with van der Waals surface area (Å²) in [5.74, 6) is -1.25. The van der Waals surface area contributed by atoms with Crippen molar-refractivity contribution in [1.29, 1.82) is 0 Å². The van der Waals surface area contributed by atoms with Crippen LogP contribution in [0.4, 0.5) is 0 Å². The van der Waals surface area contributed by atoms with Gasteiger partial charge in [-0.25, -0.2) is 8.42 Å². The van der Waals surface area contributed by atoms with E-state index in [0.29, 0.717) is 0 Å². The number of carbonyl (C=O) groups is 1. The van der Waals surface area contributed by atoms with Gasteiger partial charge in [0.15, 0.2) is 15.7 Å². The van der Waals surface area contributed by atoms with Crippen LogP contribution in [0.15, 0.2) is 70.1 Å². The first-order valence-corrected chi connectivity index (χ1v) is 10.5. The minimum absolute atomic E-state index is 0.0501. The van der Waals surface area contributed by atoms with Crippen molar-refractivity contribution >= 4 is 15.7 Å². The van der Waals surface area contributed by atoms with E-state index in [-0.39, 0.29) is 22.7 Å². The van der Waals surface area contributed by atoms with E-state index in [1.165, 1.54) is 17.7 Å². The van der Waals surface area contributed by atoms with Crippen LogP contribution in [0.2, 0.25) is 0 Å². The number of rotatable bonds is 8. The summed E-state index contributed by atoms with van der Waals surface area (Å²) in [5.41, 5.74) is 1.19. The fraction of sp³-hybridized carbons (Fsp3) is 0.250. The van der Waals surface area contributed by atoms with E-state index < -0.39 is 21.5 Å². The summed E-state index contributed by atoms with van der Waals surface area (Å²) in [6.45, 7) is 1.89. The Morgan fingerprint density at radius 1 is 1.07 bits per heavy atom. The van der Waals surface area contributed by atoms with Gasteiger partial charge in [0.1, 0.15) is 5.75 Å². The Bertz CT molecular complexity index is 1020. The number of amides is 1. The average Bonchev–Trinajstić information content (AvgIpc) is 3.16. The average molecular weight is 399 g/mol. The van der Waals surface area contributed by atoms with Crippen LogP contribution in [0.5, 0.6) is 0 Å². The molecule has 2 aromatic carbocycles. The van der Waals surface area contributed by atoms with E-state index in [1.54, 1.807) is 18.2 Å². The highest BCUT2D eigenvalue weighted by molar-refractivity contribution is 7.90. The number of hydrogen-bond acceptors (Lipinski definition) is 6. The van der Waals surface area contributed by atoms with E-state index in [2.05, 4.69) is 15.5 Å². The van der Waals surface area contributed by atoms with Crippen LogP contribution in [0.25, 0.3) is 0 Å². The first kappa shape index (κ1) is 19.8. The van der Waals surface area contributed by atoms with Crippen molar-refractivity contribution in [3.05, 3.63) is 77.9 Å². The first-order chi connectivity index (χ1) is 13.4. The lowest BCUT2D eigenvalue weighted by atomic mass is 10.1. The maximum atomic E-state index is 12.4. The van der Waals surface area contributed by atoms with Gasteiger partial charge >= 0.3 is 11.8 Å². The van der Waals surface area contributed by atoms with E-state index in [4.69, 9.17) is 4.52 Å². The molecule has 1 atom stereocenters. The van der Waals surface area contributed by atoms with Crippen molar-refractivity contribution in [2.24, 2.45) is 0 Å². The van der Waals surface area contributed by atoms with Crippen LogP contribution in [-0.2, 0) is 22.0 Å². The van der Waals surface area contributed by atoms with Crippen LogP contribution < -0.4 is 5.32 Å². The van der Waals surface area contributed by atoms with Gasteiger partial charge in [-0.05, 0) is 37.5 Å². The summed E-state index contributed by atoms with van der Waals surface area (Å²) < 4.78 is 29.6. The van der Waals surface area contributed by atoms with Gasteiger partial charge in [0.05, 0.1) is 4.90 Å². The van der Waals surface area contributed by atoms with Crippen LogP contribution in [0.3, 0.4) is 0 Å². The highest BCUT2D eigenvalue weighted by Crippen LogP contribution is 2.14. The fourth-order valence-corrected chi connectivity index (χ4v) is 3.87. The van der Waals surface area contributed by atoms with Crippen LogP contribution in [0.1, 0.15) is 35.4 Å². The highest BCUT2D eigenvalue weighted by Gasteiger charge is 2.22. The number of nitrogens with zero attached hydrogens (tertiary/aromatic N) is 2. The van der Waals surface area contributed by atoms with Crippen molar-refractivity contribution in [1.82, 2.24) is 15.5 Å². The smallest absolute Gasteiger partial charge is 0.315 e. The predicted molar refractivity (Wildman–Crippen MR) is 103 cm³/mol. The molecule has 0 aliphatic carbocycles. The Hall–Kier alpha value is -3.00. The molecule has 0 unspecified atom stereocenters. The monoisotopic (exact) mass is 399 g/mol. The maximum Gasteiger partial charge on any atom is 0.315 e. The van der Waals surface area contributed by atoms with E-state index in [0.717, 1.165) is 12.8 Å². The molecule has 0 spiro atoms. The standard InChI is InChI=1S/C20H21N3O4S/c1-15(12-13-16-8-4-2-5-9-16)21-19(24)20-22-18(23-27-20)14-28(25,26)17-10-6-3-7-11-17/h2-11,15H,12-14H2,1H3,(H,21,24)/t15-/m0/s1. The lowest BCUT2D eigenvalue weighted by Gasteiger charge is -2.12. The summed E-state index contributed by atoms with van der Waals surface area (Å²) >= 11 is 0. The predicted octanol–water partition coefficient (Wildman–Crippen LogP) is 2.79. The second-order valence-electron chi connectivity index (χ2n) is 6.49. The van der Waals surface area contributed by atoms with Gasteiger partial charge in [0, 0.05) is 6.04 Å². The molecule has 0 fully saturated rings. The molecule has 0 saturated carbocycles. The lowest BCUT2D eigenvalue weighted by Crippen LogP contribution is -2.33. The van der Waals surface area contributed by atoms with Crippen molar-refractivity contribution < 1.29 is 17.7 Å². The number of aryl methyl sites for hydroxylation is 1. The molecule has 8 heteroatoms. The number of carbonyl (C=O) groups excluding carboxylic acids is 1. The molecule has 3 aromatic rings. The number of benzene rings is 2. The third-order valence-corrected chi connectivity index (χ3v) is 5.80. The molecular weight excluding hydrogens is 378 g/mol. The fourth-order valence-electron chi connectivity index (χ4n) is 2.67. The molecule has 1 N–H and O–H groups in total. The Morgan fingerprint density at radius 2 is 1.71 bits per heavy atom. The third-order valence-electron chi connectivity index (χ3n) is 4.17. The SMILES string of the molecule is C[C@@H](CCc1ccccc1)NC(=O)c1nc(CS(=O)(=O)c2ccccc2)no1. The largest absolute Gasteiger partial charge is 0.345 e. The van der Waals surface area contributed by atoms with Gasteiger partial charge in [-0.1, -0.05) is 53.7 Å². The zero-order valence-electron chi connectivity index (χ0n) is 15.4. The van der Waals surface area contributed by atoms with Crippen molar-refractivity contribution in [3.63, 3.8) is 0 Å². The molecule has 3 rings (SSSR count). The molecule has 1 heterocycles. The van der Waals surface area contributed by atoms with E-state index >= 15 is 0 Å². The Morgan fingerprint density at radius 3 is 2.39 bits per heavy atom. The number of aromatic nitrogens is 2. The van der Waals surface area contributed by atoms with Gasteiger partial charge in [-0.3, -0.25) is 4.79 Å². The van der Waals surface area contributed by atoms with Gasteiger partial charge in [0.2, 0.25) is 0 Å². The second-order valence-corrected chi connectivity index (χ2v) is 8.48. The molecule has 1 amide bonds. The Balaban J connectivity index is 1.56. The molecule has 0 radical (unpaired) electrons. The van der Waals surface area contributed by atoms with Crippen LogP contribution >= 0.6 is 0 Å². The lowest BCUT2D eigenvalue weighted by molar-refractivity contribution is 0.0894. The van der Waals surface area contributed by atoms with Crippen LogP contribution in [-0.4, -0.2) is 30.5 Å². The highest BCUT2D eigenvalue weighted by atomic mass is 32.2. The molecule has 1 aromatic heterocycles. The van der Waals surface area contributed by atoms with Crippen molar-refractivity contribution in [2.75, 3.05) is 0 Å². The van der Waals surface area contributed by atoms with Crippen molar-refractivity contribution in [2.45, 2.75) is 36.5 Å². The summed E-state index contributed by atoms with van der Waals surface area (Å²) in [6.07, 6.45) is 1.58. The number of nitrogens with one attached hydrogen (secondary N) is 1. The minimum Gasteiger partial charge on any atom is -0.345 e. The maximum absolute atomic E-state index is 12.4. The minimum atomic E-state index is -3.60. The van der Waals surface area contributed by atoms with Crippen LogP contribution in [0, 0.1) is 0 Å². The van der Waals surface area contributed by atoms with E-state index in [9.17, 15) is 13.2 Å². The Kier molecular flexibility index (Phi) is 6.20. The topological polar surface area (TPSA) is 102 Å². The van der Waals surface area contributed by atoms with Gasteiger partial charge < -0.3 is 9.84 Å². The Labute approximate surface area is 163 Å². The van der Waals surface area contributed by atoms with Gasteiger partial charge in [-0.2, -0.15) is 4.98 Å². The third kappa shape index (κ3) is 5.26. The second kappa shape index (κ2) is 8.79. The molecule has 7 nitrogen and oxygen atoms in total. The first-order valence-electron chi connectivity index (χ1n) is 8.89. The summed E-state index contributed by atoms with van der Waals surface area (Å²) in [4.78, 5) is 16.3. The van der Waals surface area contributed by atoms with Gasteiger partial charge in [0.25, 0.3) is 0 Å². The van der Waals surface area contributed by atoms with E-state index in [1.807, 2.05) is 37.3 Å². The quantitative estimate of drug-likeness (QED) is 0.625. The summed E-state index contributed by atoms with van der Waals surface area (Å²) in [6, 6.07) is 17.9.